The van der Waals surface area contributed by atoms with Crippen LogP contribution in [0.15, 0.2) is 59.8 Å². The van der Waals surface area contributed by atoms with E-state index in [0.29, 0.717) is 10.4 Å². The first kappa shape index (κ1) is 21.6. The average Bonchev–Trinajstić information content (AvgIpc) is 3.22. The number of piperidine rings is 1. The van der Waals surface area contributed by atoms with Crippen LogP contribution < -0.4 is 10.6 Å². The predicted molar refractivity (Wildman–Crippen MR) is 139 cm³/mol. The number of rotatable bonds is 4. The van der Waals surface area contributed by atoms with Gasteiger partial charge in [0.05, 0.1) is 0 Å². The van der Waals surface area contributed by atoms with E-state index in [4.69, 9.17) is 10.7 Å². The molecule has 5 rings (SSSR count). The van der Waals surface area contributed by atoms with Crippen molar-refractivity contribution in [2.24, 2.45) is 5.73 Å². The molecular weight excluding hydrogens is 537 g/mol. The van der Waals surface area contributed by atoms with E-state index in [-0.39, 0.29) is 6.04 Å². The Labute approximate surface area is 193 Å². The fraction of sp³-hybridized carbons (Fsp3) is 0.304. The third-order valence-corrected chi connectivity index (χ3v) is 16.1. The maximum atomic E-state index is 12.6. The number of alkyl halides is 2. The van der Waals surface area contributed by atoms with Crippen molar-refractivity contribution in [3.8, 4) is 5.82 Å². The van der Waals surface area contributed by atoms with Gasteiger partial charge < -0.3 is 5.73 Å². The molecule has 0 amide bonds. The summed E-state index contributed by atoms with van der Waals surface area (Å²) in [6.07, 6.45) is 3.67. The minimum absolute atomic E-state index is 0.273. The summed E-state index contributed by atoms with van der Waals surface area (Å²) in [6, 6.07) is 15.8. The van der Waals surface area contributed by atoms with E-state index >= 15 is 0 Å². The molecule has 0 unspecified atom stereocenters. The van der Waals surface area contributed by atoms with Gasteiger partial charge in [-0.2, -0.15) is 0 Å². The molecule has 0 aliphatic carbocycles. The van der Waals surface area contributed by atoms with Gasteiger partial charge in [-0.25, -0.2) is 0 Å². The van der Waals surface area contributed by atoms with Crippen LogP contribution in [-0.4, -0.2) is 51.9 Å². The fourth-order valence-electron chi connectivity index (χ4n) is 4.16. The Bertz CT molecular complexity index is 1410. The summed E-state index contributed by atoms with van der Waals surface area (Å²) in [5.41, 5.74) is 9.66. The first-order chi connectivity index (χ1) is 15.3. The van der Waals surface area contributed by atoms with Crippen LogP contribution in [-0.2, 0) is 7.01 Å². The number of hydrogen-bond donors (Lipinski definition) is 1. The second-order valence-corrected chi connectivity index (χ2v) is 21.1. The van der Waals surface area contributed by atoms with Crippen molar-refractivity contribution in [1.29, 1.82) is 0 Å². The van der Waals surface area contributed by atoms with Crippen LogP contribution in [0.4, 0.5) is 5.69 Å². The molecule has 2 aromatic heterocycles. The summed E-state index contributed by atoms with van der Waals surface area (Å²) < 4.78 is 27.2. The summed E-state index contributed by atoms with van der Waals surface area (Å²) in [5, 5.41) is 1.08. The molecule has 168 valence electrons. The van der Waals surface area contributed by atoms with Crippen LogP contribution in [0.5, 0.6) is 0 Å². The molecule has 1 saturated heterocycles. The van der Waals surface area contributed by atoms with E-state index in [2.05, 4.69) is 34.1 Å². The molecule has 32 heavy (non-hydrogen) atoms. The van der Waals surface area contributed by atoms with Gasteiger partial charge in [-0.15, -0.1) is 0 Å². The number of para-hydroxylation sites is 1. The molecule has 0 spiro atoms. The summed E-state index contributed by atoms with van der Waals surface area (Å²) in [5.74, 6) is 0.760. The normalized spacial score (nSPS) is 16.1. The molecular formula is C23H26IN5O2S. The Kier molecular flexibility index (Phi) is 5.58. The zero-order valence-electron chi connectivity index (χ0n) is 18.1. The number of halogens is 1. The Morgan fingerprint density at radius 2 is 1.84 bits per heavy atom. The molecule has 4 aromatic rings. The van der Waals surface area contributed by atoms with E-state index < -0.39 is 25.4 Å². The van der Waals surface area contributed by atoms with Crippen molar-refractivity contribution in [3.63, 3.8) is 0 Å². The standard InChI is InChI=1S/C23H26IN5O2S/c1-24(2)32(30,31)18-7-8-20-19(14-18)26-15-29(20)22-9-6-16-4-3-5-21(23(16)27-22)28-12-10-17(25)11-13-28/h3-9,14-15,17H,10-13,25H2,1-2H3. The number of nitrogens with zero attached hydrogens (tertiary/aromatic N) is 4. The maximum absolute atomic E-state index is 12.6. The number of benzene rings is 2. The van der Waals surface area contributed by atoms with E-state index in [1.165, 1.54) is 0 Å². The number of nitrogens with two attached hydrogens (primary N) is 1. The van der Waals surface area contributed by atoms with Crippen molar-refractivity contribution in [2.75, 3.05) is 27.9 Å². The summed E-state index contributed by atoms with van der Waals surface area (Å²) >= 11 is -2.06. The molecule has 0 atom stereocenters. The second-order valence-electron chi connectivity index (χ2n) is 8.23. The Hall–Kier alpha value is -2.24. The zero-order valence-corrected chi connectivity index (χ0v) is 21.0. The van der Waals surface area contributed by atoms with Crippen LogP contribution in [0.25, 0.3) is 27.8 Å². The Balaban J connectivity index is 1.58. The van der Waals surface area contributed by atoms with Gasteiger partial charge in [-0.1, -0.05) is 0 Å². The van der Waals surface area contributed by atoms with Gasteiger partial charge in [0.2, 0.25) is 0 Å². The zero-order chi connectivity index (χ0) is 22.5. The van der Waals surface area contributed by atoms with Crippen LogP contribution in [0, 0.1) is 0 Å². The number of pyridine rings is 1. The SMILES string of the molecule is CI(C)S(=O)(=O)c1ccc2c(c1)ncn2-c1ccc2cccc(N3CCC(N)CC3)c2n1. The number of aromatic nitrogens is 3. The first-order valence-corrected chi connectivity index (χ1v) is 18.8. The van der Waals surface area contributed by atoms with Crippen molar-refractivity contribution >= 4 is 53.1 Å². The molecule has 3 heterocycles. The second kappa shape index (κ2) is 8.27. The molecule has 9 heteroatoms. The Morgan fingerprint density at radius 3 is 2.59 bits per heavy atom. The molecule has 1 fully saturated rings. The monoisotopic (exact) mass is 563 g/mol. The molecule has 2 aromatic carbocycles. The molecule has 2 N–H and O–H groups in total. The minimum atomic E-state index is -3.20. The quantitative estimate of drug-likeness (QED) is 0.230. The number of imidazole rings is 1. The molecule has 0 bridgehead atoms. The van der Waals surface area contributed by atoms with E-state index in [1.807, 2.05) is 26.6 Å². The fourth-order valence-corrected chi connectivity index (χ4v) is 8.87. The summed E-state index contributed by atoms with van der Waals surface area (Å²) in [7, 11) is -3.20. The van der Waals surface area contributed by atoms with Crippen LogP contribution in [0.2, 0.25) is 0 Å². The molecule has 1 aliphatic heterocycles. The summed E-state index contributed by atoms with van der Waals surface area (Å²) in [6.45, 7) is 1.86. The molecule has 0 radical (unpaired) electrons. The third kappa shape index (κ3) is 3.75. The van der Waals surface area contributed by atoms with Gasteiger partial charge in [-0.3, -0.25) is 0 Å². The first-order valence-electron chi connectivity index (χ1n) is 10.5. The van der Waals surface area contributed by atoms with Gasteiger partial charge >= 0.3 is 169 Å². The van der Waals surface area contributed by atoms with Crippen molar-refractivity contribution in [2.45, 2.75) is 23.8 Å². The Morgan fingerprint density at radius 1 is 1.06 bits per heavy atom. The van der Waals surface area contributed by atoms with E-state index in [0.717, 1.165) is 53.9 Å². The van der Waals surface area contributed by atoms with Crippen molar-refractivity contribution < 1.29 is 8.42 Å². The van der Waals surface area contributed by atoms with Gasteiger partial charge in [0, 0.05) is 6.04 Å². The molecule has 0 saturated carbocycles. The number of hydrogen-bond acceptors (Lipinski definition) is 6. The number of anilines is 1. The topological polar surface area (TPSA) is 94.1 Å². The van der Waals surface area contributed by atoms with Crippen molar-refractivity contribution in [3.05, 3.63) is 54.9 Å². The van der Waals surface area contributed by atoms with Crippen LogP contribution >= 0.6 is 18.4 Å². The van der Waals surface area contributed by atoms with Gasteiger partial charge in [0.15, 0.2) is 0 Å². The third-order valence-electron chi connectivity index (χ3n) is 6.02. The van der Waals surface area contributed by atoms with Gasteiger partial charge in [-0.05, 0) is 12.8 Å². The van der Waals surface area contributed by atoms with Gasteiger partial charge in [0.1, 0.15) is 0 Å². The van der Waals surface area contributed by atoms with E-state index in [9.17, 15) is 8.42 Å². The predicted octanol–water partition coefficient (Wildman–Crippen LogP) is 3.96. The molecule has 1 aliphatic rings. The van der Waals surface area contributed by atoms with Crippen LogP contribution in [0.1, 0.15) is 12.8 Å². The summed E-state index contributed by atoms with van der Waals surface area (Å²) in [4.78, 5) is 15.9. The molecule has 7 nitrogen and oxygen atoms in total. The van der Waals surface area contributed by atoms with E-state index in [1.54, 1.807) is 18.5 Å². The van der Waals surface area contributed by atoms with Crippen molar-refractivity contribution in [1.82, 2.24) is 14.5 Å². The average molecular weight is 563 g/mol. The van der Waals surface area contributed by atoms with Gasteiger partial charge in [0.25, 0.3) is 0 Å². The number of fused-ring (bicyclic) bond motifs is 2. The van der Waals surface area contributed by atoms with Crippen LogP contribution in [0.3, 0.4) is 0 Å².